The second-order valence-electron chi connectivity index (χ2n) is 9.54. The van der Waals surface area contributed by atoms with Crippen LogP contribution in [-0.4, -0.2) is 0 Å². The van der Waals surface area contributed by atoms with Crippen LogP contribution in [0.2, 0.25) is 0 Å². The van der Waals surface area contributed by atoms with E-state index in [0.717, 1.165) is 23.7 Å². The van der Waals surface area contributed by atoms with E-state index < -0.39 is 0 Å². The summed E-state index contributed by atoms with van der Waals surface area (Å²) >= 11 is 0. The van der Waals surface area contributed by atoms with E-state index in [4.69, 9.17) is 0 Å². The molecule has 0 amide bonds. The van der Waals surface area contributed by atoms with Crippen molar-refractivity contribution in [2.75, 3.05) is 0 Å². The van der Waals surface area contributed by atoms with Gasteiger partial charge in [0.1, 0.15) is 0 Å². The van der Waals surface area contributed by atoms with Gasteiger partial charge in [0.05, 0.1) is 0 Å². The third-order valence-corrected chi connectivity index (χ3v) is 8.50. The fourth-order valence-corrected chi connectivity index (χ4v) is 7.62. The van der Waals surface area contributed by atoms with E-state index in [-0.39, 0.29) is 0 Å². The molecule has 6 bridgehead atoms. The van der Waals surface area contributed by atoms with Crippen molar-refractivity contribution in [1.82, 2.24) is 0 Å². The van der Waals surface area contributed by atoms with Crippen molar-refractivity contribution >= 4 is 0 Å². The molecule has 7 aliphatic rings. The summed E-state index contributed by atoms with van der Waals surface area (Å²) in [7, 11) is 0. The van der Waals surface area contributed by atoms with Crippen molar-refractivity contribution in [2.45, 2.75) is 51.9 Å². The van der Waals surface area contributed by atoms with Crippen LogP contribution >= 0.6 is 0 Å². The molecule has 4 saturated carbocycles. The van der Waals surface area contributed by atoms with Crippen LogP contribution < -0.4 is 0 Å². The summed E-state index contributed by atoms with van der Waals surface area (Å²) in [5, 5.41) is 0. The molecule has 4 fully saturated rings. The minimum absolute atomic E-state index is 0.473. The maximum atomic E-state index is 3.87. The molecule has 1 radical (unpaired) electrons. The Kier molecular flexibility index (Phi) is 2.58. The van der Waals surface area contributed by atoms with Crippen molar-refractivity contribution in [3.05, 3.63) is 58.7 Å². The summed E-state index contributed by atoms with van der Waals surface area (Å²) in [5.74, 6) is 5.16. The largest absolute Gasteiger partial charge is 0.0622 e. The maximum Gasteiger partial charge on any atom is 0.0317 e. The first kappa shape index (κ1) is 13.9. The maximum absolute atomic E-state index is 3.87. The van der Waals surface area contributed by atoms with Gasteiger partial charge in [0.15, 0.2) is 0 Å². The quantitative estimate of drug-likeness (QED) is 0.635. The summed E-state index contributed by atoms with van der Waals surface area (Å²) < 4.78 is 0. The molecule has 0 N–H and O–H groups in total. The van der Waals surface area contributed by atoms with E-state index >= 15 is 0 Å². The van der Waals surface area contributed by atoms with Gasteiger partial charge in [0.2, 0.25) is 0 Å². The predicted molar refractivity (Wildman–Crippen MR) is 97.3 cm³/mol. The molecule has 0 heterocycles. The van der Waals surface area contributed by atoms with Crippen LogP contribution in [0.5, 0.6) is 0 Å². The van der Waals surface area contributed by atoms with Crippen LogP contribution in [0.25, 0.3) is 0 Å². The molecule has 0 aromatic heterocycles. The Hall–Kier alpha value is -1.30. The monoisotopic (exact) mass is 315 g/mol. The molecular formula is C24H27. The van der Waals surface area contributed by atoms with Crippen LogP contribution in [0.4, 0.5) is 0 Å². The summed E-state index contributed by atoms with van der Waals surface area (Å²) in [4.78, 5) is 0. The first-order valence-electron chi connectivity index (χ1n) is 10.1. The number of hydrogen-bond acceptors (Lipinski definition) is 0. The summed E-state index contributed by atoms with van der Waals surface area (Å²) in [6.07, 6.45) is 11.5. The van der Waals surface area contributed by atoms with Crippen LogP contribution in [-0.2, 0) is 0 Å². The van der Waals surface area contributed by atoms with Gasteiger partial charge in [-0.3, -0.25) is 0 Å². The first-order valence-corrected chi connectivity index (χ1v) is 10.1. The number of benzene rings is 1. The molecule has 1 aromatic rings. The van der Waals surface area contributed by atoms with E-state index in [2.05, 4.69) is 50.3 Å². The summed E-state index contributed by atoms with van der Waals surface area (Å²) in [6, 6.07) is 11.2. The molecule has 0 spiro atoms. The molecule has 0 aliphatic heterocycles. The molecule has 8 rings (SSSR count). The fraction of sp³-hybridized carbons (Fsp3) is 0.583. The highest BCUT2D eigenvalue weighted by Crippen LogP contribution is 2.71. The summed E-state index contributed by atoms with van der Waals surface area (Å²) in [6.45, 7) is 5.03. The number of fused-ring (bicyclic) bond motifs is 2. The minimum Gasteiger partial charge on any atom is -0.0622 e. The molecular weight excluding hydrogens is 288 g/mol. The molecule has 0 nitrogen and oxygen atoms in total. The molecule has 1 aromatic carbocycles. The van der Waals surface area contributed by atoms with Gasteiger partial charge in [-0.1, -0.05) is 44.2 Å². The van der Waals surface area contributed by atoms with E-state index in [1.807, 2.05) is 0 Å². The highest BCUT2D eigenvalue weighted by Gasteiger charge is 2.61. The van der Waals surface area contributed by atoms with E-state index in [0.29, 0.717) is 17.3 Å². The van der Waals surface area contributed by atoms with Crippen molar-refractivity contribution in [3.8, 4) is 0 Å². The van der Waals surface area contributed by atoms with Gasteiger partial charge in [-0.2, -0.15) is 0 Å². The lowest BCUT2D eigenvalue weighted by atomic mass is 9.41. The van der Waals surface area contributed by atoms with Crippen LogP contribution in [0.1, 0.15) is 57.4 Å². The first-order chi connectivity index (χ1) is 11.7. The lowest BCUT2D eigenvalue weighted by Crippen LogP contribution is -2.54. The van der Waals surface area contributed by atoms with Crippen LogP contribution in [0.3, 0.4) is 0 Å². The van der Waals surface area contributed by atoms with Crippen LogP contribution in [0.15, 0.2) is 47.1 Å². The topological polar surface area (TPSA) is 0 Å². The zero-order valence-electron chi connectivity index (χ0n) is 14.9. The Morgan fingerprint density at radius 3 is 2.08 bits per heavy atom. The van der Waals surface area contributed by atoms with Crippen molar-refractivity contribution < 1.29 is 0 Å². The predicted octanol–water partition coefficient (Wildman–Crippen LogP) is 5.92. The van der Waals surface area contributed by atoms with Gasteiger partial charge in [-0.15, -0.1) is 0 Å². The second-order valence-corrected chi connectivity index (χ2v) is 9.54. The Morgan fingerprint density at radius 2 is 1.54 bits per heavy atom. The average Bonchev–Trinajstić information content (AvgIpc) is 3.08. The zero-order chi connectivity index (χ0) is 16.1. The minimum atomic E-state index is 0.473. The highest BCUT2D eigenvalue weighted by atomic mass is 14.6. The van der Waals surface area contributed by atoms with E-state index in [1.54, 1.807) is 23.1 Å². The highest BCUT2D eigenvalue weighted by molar-refractivity contribution is 5.67. The fourth-order valence-electron chi connectivity index (χ4n) is 7.62. The van der Waals surface area contributed by atoms with Gasteiger partial charge in [0.25, 0.3) is 0 Å². The lowest BCUT2D eigenvalue weighted by molar-refractivity contribution is -0.0780. The lowest BCUT2D eigenvalue weighted by Gasteiger charge is -2.63. The molecule has 2 unspecified atom stereocenters. The average molecular weight is 315 g/mol. The third kappa shape index (κ3) is 1.52. The molecule has 2 atom stereocenters. The van der Waals surface area contributed by atoms with E-state index in [1.165, 1.54) is 31.2 Å². The Labute approximate surface area is 146 Å². The van der Waals surface area contributed by atoms with Gasteiger partial charge in [0, 0.05) is 11.8 Å². The molecule has 24 heavy (non-hydrogen) atoms. The zero-order valence-corrected chi connectivity index (χ0v) is 14.9. The Balaban J connectivity index is 1.45. The van der Waals surface area contributed by atoms with E-state index in [9.17, 15) is 0 Å². The number of rotatable bonds is 2. The van der Waals surface area contributed by atoms with Crippen molar-refractivity contribution in [3.63, 3.8) is 0 Å². The Morgan fingerprint density at radius 1 is 0.917 bits per heavy atom. The van der Waals surface area contributed by atoms with Gasteiger partial charge >= 0.3 is 0 Å². The number of allylic oxidation sites excluding steroid dienone is 4. The van der Waals surface area contributed by atoms with Gasteiger partial charge in [-0.05, 0) is 89.5 Å². The molecule has 0 heteroatoms. The Bertz CT molecular complexity index is 734. The third-order valence-electron chi connectivity index (χ3n) is 8.50. The number of hydrogen-bond donors (Lipinski definition) is 0. The van der Waals surface area contributed by atoms with Crippen molar-refractivity contribution in [1.29, 1.82) is 0 Å². The standard InChI is InChI=1S/C24H27/c1-14-8-20-22(17-6-4-3-5-7-17)21(14)23(20)24(2)18-10-15-9-16(12-18)13-19(24)11-15/h3-7,14-16,18-19,22H,9-13H2,1-2H3. The molecule has 123 valence electrons. The normalized spacial score (nSPS) is 47.8. The molecule has 7 aliphatic carbocycles. The SMILES string of the molecule is CC1[C]=C2C(C3(C)C4CC5CC(C4)CC3C5)=C1C2c1ccccc1. The van der Waals surface area contributed by atoms with Crippen LogP contribution in [0, 0.1) is 41.1 Å². The smallest absolute Gasteiger partial charge is 0.0317 e. The van der Waals surface area contributed by atoms with Gasteiger partial charge in [-0.25, -0.2) is 0 Å². The van der Waals surface area contributed by atoms with Crippen molar-refractivity contribution in [2.24, 2.45) is 35.0 Å². The second kappa shape index (κ2) is 4.45. The molecule has 0 saturated heterocycles. The van der Waals surface area contributed by atoms with Gasteiger partial charge < -0.3 is 0 Å². The summed E-state index contributed by atoms with van der Waals surface area (Å²) in [5.41, 5.74) is 7.10.